The first-order chi connectivity index (χ1) is 5.04. The molecule has 0 amide bonds. The van der Waals surface area contributed by atoms with E-state index in [9.17, 15) is 0 Å². The van der Waals surface area contributed by atoms with Crippen LogP contribution in [0, 0.1) is 0 Å². The number of hydroxylamine groups is 2. The zero-order chi connectivity index (χ0) is 8.85. The van der Waals surface area contributed by atoms with Crippen molar-refractivity contribution in [3.05, 3.63) is 0 Å². The van der Waals surface area contributed by atoms with Gasteiger partial charge in [-0.25, -0.2) is 0 Å². The first-order valence-corrected chi connectivity index (χ1v) is 4.00. The van der Waals surface area contributed by atoms with E-state index in [1.165, 1.54) is 0 Å². The molecule has 0 heterocycles. The zero-order valence-electron chi connectivity index (χ0n) is 8.29. The zero-order valence-corrected chi connectivity index (χ0v) is 8.29. The molecule has 0 N–H and O–H groups in total. The summed E-state index contributed by atoms with van der Waals surface area (Å²) < 4.78 is 0. The van der Waals surface area contributed by atoms with Gasteiger partial charge in [0.15, 0.2) is 0 Å². The van der Waals surface area contributed by atoms with Crippen LogP contribution in [0.3, 0.4) is 0 Å². The maximum Gasteiger partial charge on any atom is 0.0699 e. The highest BCUT2D eigenvalue weighted by atomic mass is 16.7. The minimum atomic E-state index is 0.593. The van der Waals surface area contributed by atoms with Gasteiger partial charge in [0.25, 0.3) is 0 Å². The maximum atomic E-state index is 5.27. The third kappa shape index (κ3) is 6.28. The van der Waals surface area contributed by atoms with Gasteiger partial charge in [0.1, 0.15) is 0 Å². The maximum absolute atomic E-state index is 5.27. The van der Waals surface area contributed by atoms with E-state index < -0.39 is 0 Å². The molecule has 68 valence electrons. The van der Waals surface area contributed by atoms with E-state index in [0.29, 0.717) is 6.04 Å². The van der Waals surface area contributed by atoms with E-state index in [4.69, 9.17) is 4.84 Å². The van der Waals surface area contributed by atoms with Crippen LogP contribution in [-0.2, 0) is 4.84 Å². The molecule has 0 aliphatic carbocycles. The van der Waals surface area contributed by atoms with Crippen LogP contribution in [0.1, 0.15) is 13.3 Å². The Hall–Kier alpha value is -0.120. The van der Waals surface area contributed by atoms with Crippen LogP contribution < -0.4 is 0 Å². The summed E-state index contributed by atoms with van der Waals surface area (Å²) in [5.41, 5.74) is 0. The smallest absolute Gasteiger partial charge is 0.0699 e. The van der Waals surface area contributed by atoms with Crippen LogP contribution in [0.5, 0.6) is 0 Å². The van der Waals surface area contributed by atoms with Crippen LogP contribution in [0.25, 0.3) is 0 Å². The molecule has 0 saturated carbocycles. The molecule has 3 heteroatoms. The molecule has 0 rings (SSSR count). The second-order valence-electron chi connectivity index (χ2n) is 3.25. The summed E-state index contributed by atoms with van der Waals surface area (Å²) in [6.07, 6.45) is 1.07. The standard InChI is InChI=1S/C8H20N2O/c1-8(9(2)3)6-7-11-10(4)5/h8H,6-7H2,1-5H3. The van der Waals surface area contributed by atoms with Gasteiger partial charge in [0.2, 0.25) is 0 Å². The molecule has 0 fully saturated rings. The van der Waals surface area contributed by atoms with Crippen molar-refractivity contribution in [3.63, 3.8) is 0 Å². The number of hydrogen-bond acceptors (Lipinski definition) is 3. The van der Waals surface area contributed by atoms with Crippen molar-refractivity contribution in [1.82, 2.24) is 9.96 Å². The predicted molar refractivity (Wildman–Crippen MR) is 47.4 cm³/mol. The first kappa shape index (κ1) is 10.9. The second-order valence-corrected chi connectivity index (χ2v) is 3.25. The Morgan fingerprint density at radius 1 is 1.18 bits per heavy atom. The van der Waals surface area contributed by atoms with Gasteiger partial charge in [-0.05, 0) is 27.4 Å². The highest BCUT2D eigenvalue weighted by molar-refractivity contribution is 4.57. The normalized spacial score (nSPS) is 14.5. The molecular formula is C8H20N2O. The van der Waals surface area contributed by atoms with Crippen molar-refractivity contribution in [1.29, 1.82) is 0 Å². The van der Waals surface area contributed by atoms with E-state index in [0.717, 1.165) is 13.0 Å². The monoisotopic (exact) mass is 160 g/mol. The fraction of sp³-hybridized carbons (Fsp3) is 1.00. The largest absolute Gasteiger partial charge is 0.307 e. The molecule has 11 heavy (non-hydrogen) atoms. The molecular weight excluding hydrogens is 140 g/mol. The van der Waals surface area contributed by atoms with Crippen LogP contribution in [0.4, 0.5) is 0 Å². The second kappa shape index (κ2) is 5.52. The van der Waals surface area contributed by atoms with E-state index in [-0.39, 0.29) is 0 Å². The summed E-state index contributed by atoms with van der Waals surface area (Å²) in [4.78, 5) is 7.46. The lowest BCUT2D eigenvalue weighted by Crippen LogP contribution is -2.27. The molecule has 0 aromatic heterocycles. The summed E-state index contributed by atoms with van der Waals surface area (Å²) in [5, 5.41) is 1.74. The van der Waals surface area contributed by atoms with Crippen molar-refractivity contribution in [2.75, 3.05) is 34.8 Å². The fourth-order valence-corrected chi connectivity index (χ4v) is 0.664. The number of hydrogen-bond donors (Lipinski definition) is 0. The van der Waals surface area contributed by atoms with Gasteiger partial charge >= 0.3 is 0 Å². The average molecular weight is 160 g/mol. The third-order valence-corrected chi connectivity index (χ3v) is 1.77. The fourth-order valence-electron chi connectivity index (χ4n) is 0.664. The average Bonchev–Trinajstić information content (AvgIpc) is 1.86. The van der Waals surface area contributed by atoms with E-state index in [1.807, 2.05) is 14.1 Å². The quantitative estimate of drug-likeness (QED) is 0.554. The molecule has 0 aromatic rings. The first-order valence-electron chi connectivity index (χ1n) is 4.00. The van der Waals surface area contributed by atoms with Crippen molar-refractivity contribution in [2.24, 2.45) is 0 Å². The minimum Gasteiger partial charge on any atom is -0.307 e. The Kier molecular flexibility index (Phi) is 5.46. The molecule has 3 nitrogen and oxygen atoms in total. The van der Waals surface area contributed by atoms with Gasteiger partial charge in [0, 0.05) is 20.1 Å². The predicted octanol–water partition coefficient (Wildman–Crippen LogP) is 0.820. The molecule has 0 bridgehead atoms. The molecule has 0 aliphatic heterocycles. The third-order valence-electron chi connectivity index (χ3n) is 1.77. The summed E-state index contributed by atoms with van der Waals surface area (Å²) in [5.74, 6) is 0. The van der Waals surface area contributed by atoms with Crippen LogP contribution >= 0.6 is 0 Å². The summed E-state index contributed by atoms with van der Waals surface area (Å²) in [7, 11) is 7.97. The summed E-state index contributed by atoms with van der Waals surface area (Å²) in [6.45, 7) is 2.99. The minimum absolute atomic E-state index is 0.593. The van der Waals surface area contributed by atoms with Gasteiger partial charge < -0.3 is 4.90 Å². The van der Waals surface area contributed by atoms with E-state index >= 15 is 0 Å². The SMILES string of the molecule is CC(CCON(C)C)N(C)C. The lowest BCUT2D eigenvalue weighted by molar-refractivity contribution is -0.123. The number of rotatable bonds is 5. The Bertz CT molecular complexity index is 94.1. The van der Waals surface area contributed by atoms with Crippen molar-refractivity contribution < 1.29 is 4.84 Å². The van der Waals surface area contributed by atoms with Crippen LogP contribution in [0.15, 0.2) is 0 Å². The lowest BCUT2D eigenvalue weighted by atomic mass is 10.2. The van der Waals surface area contributed by atoms with Gasteiger partial charge in [-0.2, -0.15) is 5.06 Å². The Morgan fingerprint density at radius 2 is 1.73 bits per heavy atom. The topological polar surface area (TPSA) is 15.7 Å². The molecule has 0 saturated heterocycles. The van der Waals surface area contributed by atoms with E-state index in [1.54, 1.807) is 5.06 Å². The Morgan fingerprint density at radius 3 is 2.09 bits per heavy atom. The van der Waals surface area contributed by atoms with Crippen molar-refractivity contribution in [2.45, 2.75) is 19.4 Å². The van der Waals surface area contributed by atoms with Gasteiger partial charge in [-0.15, -0.1) is 0 Å². The van der Waals surface area contributed by atoms with Gasteiger partial charge in [-0.3, -0.25) is 4.84 Å². The van der Waals surface area contributed by atoms with Gasteiger partial charge in [-0.1, -0.05) is 0 Å². The Labute approximate surface area is 69.9 Å². The highest BCUT2D eigenvalue weighted by Crippen LogP contribution is 1.98. The van der Waals surface area contributed by atoms with Crippen LogP contribution in [-0.4, -0.2) is 50.8 Å². The summed E-state index contributed by atoms with van der Waals surface area (Å²) >= 11 is 0. The molecule has 0 aromatic carbocycles. The van der Waals surface area contributed by atoms with Gasteiger partial charge in [0.05, 0.1) is 6.61 Å². The Balaban J connectivity index is 3.24. The molecule has 1 atom stereocenters. The van der Waals surface area contributed by atoms with Crippen LogP contribution in [0.2, 0.25) is 0 Å². The number of nitrogens with zero attached hydrogens (tertiary/aromatic N) is 2. The van der Waals surface area contributed by atoms with E-state index in [2.05, 4.69) is 25.9 Å². The van der Waals surface area contributed by atoms with Crippen molar-refractivity contribution in [3.8, 4) is 0 Å². The lowest BCUT2D eigenvalue weighted by Gasteiger charge is -2.20. The van der Waals surface area contributed by atoms with Crippen molar-refractivity contribution >= 4 is 0 Å². The highest BCUT2D eigenvalue weighted by Gasteiger charge is 2.03. The summed E-state index contributed by atoms with van der Waals surface area (Å²) in [6, 6.07) is 0.593. The molecule has 0 aliphatic rings. The molecule has 0 radical (unpaired) electrons. The molecule has 0 spiro atoms. The molecule has 1 unspecified atom stereocenters.